The topological polar surface area (TPSA) is 66.9 Å². The van der Waals surface area contributed by atoms with E-state index in [1.165, 1.54) is 17.3 Å². The maximum atomic E-state index is 12.3. The molecule has 5 heteroatoms. The molecular formula is C21H22N4O. The zero-order valence-electron chi connectivity index (χ0n) is 14.9. The number of hydrogen-bond donors (Lipinski definition) is 2. The number of hydrogen-bond acceptors (Lipinski definition) is 4. The number of anilines is 1. The fourth-order valence-corrected chi connectivity index (χ4v) is 2.65. The maximum absolute atomic E-state index is 12.3. The summed E-state index contributed by atoms with van der Waals surface area (Å²) in [4.78, 5) is 20.8. The monoisotopic (exact) mass is 346 g/mol. The van der Waals surface area contributed by atoms with Gasteiger partial charge in [0, 0.05) is 6.54 Å². The number of carbonyl (C=O) groups is 1. The second-order valence-electron chi connectivity index (χ2n) is 6.24. The first-order valence-corrected chi connectivity index (χ1v) is 8.59. The van der Waals surface area contributed by atoms with Crippen LogP contribution in [0.4, 0.5) is 5.82 Å². The molecule has 0 aliphatic carbocycles. The molecule has 3 aromatic rings. The van der Waals surface area contributed by atoms with Gasteiger partial charge in [0.15, 0.2) is 0 Å². The lowest BCUT2D eigenvalue weighted by molar-refractivity contribution is 0.0934. The van der Waals surface area contributed by atoms with Crippen molar-refractivity contribution in [1.29, 1.82) is 0 Å². The van der Waals surface area contributed by atoms with E-state index in [2.05, 4.69) is 45.7 Å². The Kier molecular flexibility index (Phi) is 5.59. The Bertz CT molecular complexity index is 863. The highest BCUT2D eigenvalue weighted by Crippen LogP contribution is 2.12. The highest BCUT2D eigenvalue weighted by molar-refractivity contribution is 5.92. The van der Waals surface area contributed by atoms with Crippen molar-refractivity contribution in [1.82, 2.24) is 15.3 Å². The van der Waals surface area contributed by atoms with Crippen LogP contribution in [-0.4, -0.2) is 15.9 Å². The summed E-state index contributed by atoms with van der Waals surface area (Å²) >= 11 is 0. The molecule has 0 spiro atoms. The van der Waals surface area contributed by atoms with E-state index >= 15 is 0 Å². The molecule has 1 amide bonds. The van der Waals surface area contributed by atoms with Gasteiger partial charge in [-0.3, -0.25) is 4.79 Å². The van der Waals surface area contributed by atoms with Gasteiger partial charge in [-0.15, -0.1) is 0 Å². The first-order chi connectivity index (χ1) is 12.6. The van der Waals surface area contributed by atoms with Crippen molar-refractivity contribution >= 4 is 11.7 Å². The molecule has 1 heterocycles. The van der Waals surface area contributed by atoms with E-state index in [4.69, 9.17) is 0 Å². The number of nitrogens with one attached hydrogen (secondary N) is 2. The summed E-state index contributed by atoms with van der Waals surface area (Å²) in [6, 6.07) is 18.0. The molecule has 5 nitrogen and oxygen atoms in total. The van der Waals surface area contributed by atoms with E-state index < -0.39 is 0 Å². The third-order valence-electron chi connectivity index (χ3n) is 4.09. The van der Waals surface area contributed by atoms with Gasteiger partial charge in [0.2, 0.25) is 0 Å². The normalized spacial score (nSPS) is 11.6. The van der Waals surface area contributed by atoms with E-state index in [0.29, 0.717) is 18.1 Å². The molecule has 0 bridgehead atoms. The largest absolute Gasteiger partial charge is 0.365 e. The van der Waals surface area contributed by atoms with Crippen LogP contribution in [0, 0.1) is 6.92 Å². The van der Waals surface area contributed by atoms with Gasteiger partial charge < -0.3 is 10.6 Å². The average Bonchev–Trinajstić information content (AvgIpc) is 2.67. The number of benzene rings is 2. The maximum Gasteiger partial charge on any atom is 0.271 e. The average molecular weight is 346 g/mol. The second kappa shape index (κ2) is 8.25. The third-order valence-corrected chi connectivity index (χ3v) is 4.09. The lowest BCUT2D eigenvalue weighted by atomic mass is 10.1. The van der Waals surface area contributed by atoms with Crippen molar-refractivity contribution in [2.24, 2.45) is 0 Å². The zero-order valence-corrected chi connectivity index (χ0v) is 14.9. The predicted octanol–water partition coefficient (Wildman–Crippen LogP) is 3.89. The fourth-order valence-electron chi connectivity index (χ4n) is 2.65. The number of nitrogens with zero attached hydrogens (tertiary/aromatic N) is 2. The van der Waals surface area contributed by atoms with Crippen LogP contribution in [0.2, 0.25) is 0 Å². The van der Waals surface area contributed by atoms with Crippen LogP contribution in [0.25, 0.3) is 0 Å². The fraction of sp³-hybridized carbons (Fsp3) is 0.190. The molecule has 1 atom stereocenters. The van der Waals surface area contributed by atoms with E-state index in [0.717, 1.165) is 5.56 Å². The van der Waals surface area contributed by atoms with Gasteiger partial charge in [-0.25, -0.2) is 9.97 Å². The second-order valence-corrected chi connectivity index (χ2v) is 6.24. The molecule has 1 aromatic heterocycles. The van der Waals surface area contributed by atoms with E-state index in [1.807, 2.05) is 43.3 Å². The van der Waals surface area contributed by atoms with Crippen molar-refractivity contribution < 1.29 is 4.79 Å². The van der Waals surface area contributed by atoms with Crippen molar-refractivity contribution in [2.75, 3.05) is 5.32 Å². The molecule has 2 aromatic carbocycles. The molecule has 26 heavy (non-hydrogen) atoms. The Morgan fingerprint density at radius 1 is 1.04 bits per heavy atom. The Hall–Kier alpha value is -3.21. The Labute approximate surface area is 153 Å². The minimum Gasteiger partial charge on any atom is -0.365 e. The van der Waals surface area contributed by atoms with Crippen LogP contribution < -0.4 is 10.6 Å². The Morgan fingerprint density at radius 2 is 1.85 bits per heavy atom. The molecule has 3 rings (SSSR count). The molecule has 132 valence electrons. The first-order valence-electron chi connectivity index (χ1n) is 8.59. The molecule has 0 fully saturated rings. The number of amides is 1. The number of aromatic nitrogens is 2. The summed E-state index contributed by atoms with van der Waals surface area (Å²) < 4.78 is 0. The Balaban J connectivity index is 1.57. The summed E-state index contributed by atoms with van der Waals surface area (Å²) in [6.07, 6.45) is 3.07. The summed E-state index contributed by atoms with van der Waals surface area (Å²) in [6.45, 7) is 4.67. The molecule has 0 radical (unpaired) electrons. The lowest BCUT2D eigenvalue weighted by Gasteiger charge is -2.14. The van der Waals surface area contributed by atoms with Gasteiger partial charge in [0.1, 0.15) is 11.5 Å². The van der Waals surface area contributed by atoms with Gasteiger partial charge in [0.05, 0.1) is 18.4 Å². The van der Waals surface area contributed by atoms with Crippen molar-refractivity contribution in [2.45, 2.75) is 26.4 Å². The zero-order chi connectivity index (χ0) is 18.4. The Morgan fingerprint density at radius 3 is 2.54 bits per heavy atom. The summed E-state index contributed by atoms with van der Waals surface area (Å²) in [7, 11) is 0. The minimum atomic E-state index is -0.237. The third kappa shape index (κ3) is 4.66. The standard InChI is InChI=1S/C21H22N4O/c1-15-7-6-8-17(11-15)12-23-20-14-22-19(13-24-20)21(26)25-16(2)18-9-4-3-5-10-18/h3-11,13-14,16H,12H2,1-2H3,(H,23,24)(H,25,26). The molecular weight excluding hydrogens is 324 g/mol. The van der Waals surface area contributed by atoms with E-state index in [1.54, 1.807) is 6.20 Å². The van der Waals surface area contributed by atoms with Crippen LogP contribution in [0.15, 0.2) is 67.0 Å². The first kappa shape index (κ1) is 17.6. The number of aryl methyl sites for hydroxylation is 1. The predicted molar refractivity (Wildman–Crippen MR) is 103 cm³/mol. The smallest absolute Gasteiger partial charge is 0.271 e. The van der Waals surface area contributed by atoms with Gasteiger partial charge in [-0.1, -0.05) is 60.2 Å². The van der Waals surface area contributed by atoms with Crippen LogP contribution in [-0.2, 0) is 6.54 Å². The van der Waals surface area contributed by atoms with E-state index in [-0.39, 0.29) is 11.9 Å². The SMILES string of the molecule is Cc1cccc(CNc2cnc(C(=O)NC(C)c3ccccc3)cn2)c1. The summed E-state index contributed by atoms with van der Waals surface area (Å²) in [5, 5.41) is 6.15. The quantitative estimate of drug-likeness (QED) is 0.711. The van der Waals surface area contributed by atoms with Crippen LogP contribution in [0.3, 0.4) is 0 Å². The lowest BCUT2D eigenvalue weighted by Crippen LogP contribution is -2.27. The summed E-state index contributed by atoms with van der Waals surface area (Å²) in [5.74, 6) is 0.401. The summed E-state index contributed by atoms with van der Waals surface area (Å²) in [5.41, 5.74) is 3.74. The van der Waals surface area contributed by atoms with Gasteiger partial charge in [-0.2, -0.15) is 0 Å². The molecule has 2 N–H and O–H groups in total. The van der Waals surface area contributed by atoms with E-state index in [9.17, 15) is 4.79 Å². The van der Waals surface area contributed by atoms with Crippen molar-refractivity contribution in [3.8, 4) is 0 Å². The van der Waals surface area contributed by atoms with Crippen molar-refractivity contribution in [3.05, 3.63) is 89.4 Å². The van der Waals surface area contributed by atoms with Crippen LogP contribution in [0.1, 0.15) is 40.1 Å². The highest BCUT2D eigenvalue weighted by atomic mass is 16.1. The van der Waals surface area contributed by atoms with Gasteiger partial charge >= 0.3 is 0 Å². The highest BCUT2D eigenvalue weighted by Gasteiger charge is 2.12. The van der Waals surface area contributed by atoms with Gasteiger partial charge in [-0.05, 0) is 25.0 Å². The molecule has 1 unspecified atom stereocenters. The molecule has 0 saturated heterocycles. The van der Waals surface area contributed by atoms with Crippen LogP contribution in [0.5, 0.6) is 0 Å². The van der Waals surface area contributed by atoms with Crippen molar-refractivity contribution in [3.63, 3.8) is 0 Å². The van der Waals surface area contributed by atoms with Crippen LogP contribution >= 0.6 is 0 Å². The van der Waals surface area contributed by atoms with Gasteiger partial charge in [0.25, 0.3) is 5.91 Å². The number of carbonyl (C=O) groups excluding carboxylic acids is 1. The minimum absolute atomic E-state index is 0.0929. The molecule has 0 aliphatic heterocycles. The number of rotatable bonds is 6. The molecule has 0 aliphatic rings. The molecule has 0 saturated carbocycles.